The Balaban J connectivity index is 2.45. The molecule has 0 radical (unpaired) electrons. The molecule has 0 aliphatic carbocycles. The Morgan fingerprint density at radius 3 is 2.93 bits per heavy atom. The fraction of sp³-hybridized carbons (Fsp3) is 0.455. The zero-order chi connectivity index (χ0) is 10.4. The van der Waals surface area contributed by atoms with Gasteiger partial charge in [-0.2, -0.15) is 0 Å². The molecule has 78 valence electrons. The molecule has 1 aromatic rings. The highest BCUT2D eigenvalue weighted by molar-refractivity contribution is 9.10. The van der Waals surface area contributed by atoms with E-state index in [0.29, 0.717) is 0 Å². The van der Waals surface area contributed by atoms with Gasteiger partial charge in [-0.15, -0.1) is 0 Å². The minimum absolute atomic E-state index is 0.792. The summed E-state index contributed by atoms with van der Waals surface area (Å²) in [4.78, 5) is 0. The van der Waals surface area contributed by atoms with Gasteiger partial charge in [0.25, 0.3) is 0 Å². The molecule has 1 rings (SSSR count). The van der Waals surface area contributed by atoms with Gasteiger partial charge in [0.2, 0.25) is 0 Å². The fourth-order valence-electron chi connectivity index (χ4n) is 1.20. The molecule has 3 heteroatoms. The van der Waals surface area contributed by atoms with E-state index in [2.05, 4.69) is 28.2 Å². The van der Waals surface area contributed by atoms with E-state index in [-0.39, 0.29) is 0 Å². The quantitative estimate of drug-likeness (QED) is 0.802. The summed E-state index contributed by atoms with van der Waals surface area (Å²) < 4.78 is 1.12. The van der Waals surface area contributed by atoms with Crippen molar-refractivity contribution in [3.63, 3.8) is 0 Å². The largest absolute Gasteiger partial charge is 0.313 e. The maximum absolute atomic E-state index is 5.91. The summed E-state index contributed by atoms with van der Waals surface area (Å²) in [6.45, 7) is 4.13. The Hall–Kier alpha value is -0.0500. The molecule has 0 aliphatic rings. The fourth-order valence-corrected chi connectivity index (χ4v) is 1.79. The summed E-state index contributed by atoms with van der Waals surface area (Å²) >= 11 is 9.41. The van der Waals surface area contributed by atoms with Crippen LogP contribution in [0.15, 0.2) is 22.7 Å². The first-order chi connectivity index (χ1) is 6.74. The lowest BCUT2D eigenvalue weighted by Gasteiger charge is -2.06. The Bertz CT molecular complexity index is 289. The number of nitrogens with one attached hydrogen (secondary N) is 1. The molecule has 1 N–H and O–H groups in total. The van der Waals surface area contributed by atoms with Gasteiger partial charge < -0.3 is 5.32 Å². The number of benzene rings is 1. The van der Waals surface area contributed by atoms with E-state index < -0.39 is 0 Å². The van der Waals surface area contributed by atoms with Gasteiger partial charge in [-0.05, 0) is 36.7 Å². The third-order valence-electron chi connectivity index (χ3n) is 2.03. The molecule has 0 saturated heterocycles. The highest BCUT2D eigenvalue weighted by atomic mass is 79.9. The number of halogens is 2. The van der Waals surface area contributed by atoms with E-state index in [0.717, 1.165) is 22.6 Å². The standard InChI is InChI=1S/C11H15BrClN/c1-2-3-6-14-8-9-7-10(13)4-5-11(9)12/h4-5,7,14H,2-3,6,8H2,1H3. The van der Waals surface area contributed by atoms with Crippen molar-refractivity contribution in [3.8, 4) is 0 Å². The van der Waals surface area contributed by atoms with Crippen LogP contribution in [0.1, 0.15) is 25.3 Å². The maximum Gasteiger partial charge on any atom is 0.0410 e. The van der Waals surface area contributed by atoms with Gasteiger partial charge in [0.1, 0.15) is 0 Å². The first-order valence-corrected chi connectivity index (χ1v) is 6.05. The summed E-state index contributed by atoms with van der Waals surface area (Å²) in [7, 11) is 0. The summed E-state index contributed by atoms with van der Waals surface area (Å²) in [5.74, 6) is 0. The SMILES string of the molecule is CCCCNCc1cc(Cl)ccc1Br. The number of unbranched alkanes of at least 4 members (excludes halogenated alkanes) is 1. The molecule has 0 aliphatic heterocycles. The molecule has 0 saturated carbocycles. The predicted molar refractivity (Wildman–Crippen MR) is 65.8 cm³/mol. The van der Waals surface area contributed by atoms with Crippen molar-refractivity contribution in [1.29, 1.82) is 0 Å². The van der Waals surface area contributed by atoms with Gasteiger partial charge in [-0.1, -0.05) is 40.9 Å². The Kier molecular flexibility index (Phi) is 5.53. The van der Waals surface area contributed by atoms with E-state index in [1.165, 1.54) is 18.4 Å². The first kappa shape index (κ1) is 12.0. The zero-order valence-electron chi connectivity index (χ0n) is 8.32. The second-order valence-electron chi connectivity index (χ2n) is 3.27. The second kappa shape index (κ2) is 6.44. The summed E-state index contributed by atoms with van der Waals surface area (Å²) in [5, 5.41) is 4.17. The predicted octanol–water partition coefficient (Wildman–Crippen LogP) is 3.99. The Morgan fingerprint density at radius 1 is 1.43 bits per heavy atom. The third kappa shape index (κ3) is 3.99. The highest BCUT2D eigenvalue weighted by Crippen LogP contribution is 2.20. The van der Waals surface area contributed by atoms with Crippen LogP contribution >= 0.6 is 27.5 Å². The highest BCUT2D eigenvalue weighted by Gasteiger charge is 1.99. The molecule has 1 aromatic carbocycles. The van der Waals surface area contributed by atoms with Gasteiger partial charge in [-0.3, -0.25) is 0 Å². The van der Waals surface area contributed by atoms with Crippen molar-refractivity contribution in [2.75, 3.05) is 6.54 Å². The molecule has 0 heterocycles. The van der Waals surface area contributed by atoms with Gasteiger partial charge in [-0.25, -0.2) is 0 Å². The van der Waals surface area contributed by atoms with Crippen LogP contribution < -0.4 is 5.32 Å². The van der Waals surface area contributed by atoms with E-state index in [4.69, 9.17) is 11.6 Å². The molecular formula is C11H15BrClN. The third-order valence-corrected chi connectivity index (χ3v) is 3.04. The number of rotatable bonds is 5. The van der Waals surface area contributed by atoms with Crippen molar-refractivity contribution in [2.45, 2.75) is 26.3 Å². The van der Waals surface area contributed by atoms with Crippen molar-refractivity contribution in [3.05, 3.63) is 33.3 Å². The molecule has 0 unspecified atom stereocenters. The monoisotopic (exact) mass is 275 g/mol. The normalized spacial score (nSPS) is 10.5. The van der Waals surface area contributed by atoms with E-state index in [9.17, 15) is 0 Å². The molecule has 0 spiro atoms. The van der Waals surface area contributed by atoms with Crippen LogP contribution in [0.5, 0.6) is 0 Å². The summed E-state index contributed by atoms with van der Waals surface area (Å²) in [6.07, 6.45) is 2.45. The van der Waals surface area contributed by atoms with Crippen LogP contribution in [0.4, 0.5) is 0 Å². The van der Waals surface area contributed by atoms with Gasteiger partial charge in [0, 0.05) is 16.0 Å². The molecule has 0 atom stereocenters. The lowest BCUT2D eigenvalue weighted by molar-refractivity contribution is 0.640. The van der Waals surface area contributed by atoms with Crippen LogP contribution in [0, 0.1) is 0 Å². The minimum atomic E-state index is 0.792. The maximum atomic E-state index is 5.91. The zero-order valence-corrected chi connectivity index (χ0v) is 10.7. The molecule has 1 nitrogen and oxygen atoms in total. The molecule has 0 aromatic heterocycles. The molecular weight excluding hydrogens is 261 g/mol. The van der Waals surface area contributed by atoms with Crippen LogP contribution in [-0.4, -0.2) is 6.54 Å². The topological polar surface area (TPSA) is 12.0 Å². The molecule has 0 fully saturated rings. The van der Waals surface area contributed by atoms with Crippen LogP contribution in [-0.2, 0) is 6.54 Å². The molecule has 0 bridgehead atoms. The summed E-state index contributed by atoms with van der Waals surface area (Å²) in [6, 6.07) is 5.87. The van der Waals surface area contributed by atoms with Crippen LogP contribution in [0.2, 0.25) is 5.02 Å². The second-order valence-corrected chi connectivity index (χ2v) is 4.56. The molecule has 0 amide bonds. The first-order valence-electron chi connectivity index (χ1n) is 4.88. The average molecular weight is 277 g/mol. The number of hydrogen-bond donors (Lipinski definition) is 1. The lowest BCUT2D eigenvalue weighted by atomic mass is 10.2. The van der Waals surface area contributed by atoms with Crippen molar-refractivity contribution < 1.29 is 0 Å². The van der Waals surface area contributed by atoms with Crippen LogP contribution in [0.3, 0.4) is 0 Å². The van der Waals surface area contributed by atoms with Crippen molar-refractivity contribution in [2.24, 2.45) is 0 Å². The van der Waals surface area contributed by atoms with Crippen molar-refractivity contribution in [1.82, 2.24) is 5.32 Å². The van der Waals surface area contributed by atoms with E-state index in [1.807, 2.05) is 18.2 Å². The molecule has 14 heavy (non-hydrogen) atoms. The van der Waals surface area contributed by atoms with Gasteiger partial charge in [0.15, 0.2) is 0 Å². The average Bonchev–Trinajstić information content (AvgIpc) is 2.18. The Labute approximate surface area is 99.0 Å². The van der Waals surface area contributed by atoms with Gasteiger partial charge in [0.05, 0.1) is 0 Å². The van der Waals surface area contributed by atoms with Crippen molar-refractivity contribution >= 4 is 27.5 Å². The van der Waals surface area contributed by atoms with E-state index in [1.54, 1.807) is 0 Å². The Morgan fingerprint density at radius 2 is 2.21 bits per heavy atom. The number of hydrogen-bond acceptors (Lipinski definition) is 1. The van der Waals surface area contributed by atoms with Crippen LogP contribution in [0.25, 0.3) is 0 Å². The van der Waals surface area contributed by atoms with Gasteiger partial charge >= 0.3 is 0 Å². The summed E-state index contributed by atoms with van der Waals surface area (Å²) in [5.41, 5.74) is 1.22. The minimum Gasteiger partial charge on any atom is -0.313 e. The lowest BCUT2D eigenvalue weighted by Crippen LogP contribution is -2.14. The smallest absolute Gasteiger partial charge is 0.0410 e. The van der Waals surface area contributed by atoms with E-state index >= 15 is 0 Å².